The summed E-state index contributed by atoms with van der Waals surface area (Å²) < 4.78 is 0. The molecule has 1 aromatic carbocycles. The minimum absolute atomic E-state index is 0.0125. The predicted molar refractivity (Wildman–Crippen MR) is 103 cm³/mol. The van der Waals surface area contributed by atoms with Gasteiger partial charge in [-0.2, -0.15) is 0 Å². The van der Waals surface area contributed by atoms with Crippen molar-refractivity contribution >= 4 is 16.6 Å². The molecule has 0 bridgehead atoms. The van der Waals surface area contributed by atoms with Gasteiger partial charge in [0.05, 0.1) is 11.3 Å². The Morgan fingerprint density at radius 1 is 1.20 bits per heavy atom. The van der Waals surface area contributed by atoms with Crippen molar-refractivity contribution in [2.75, 3.05) is 26.4 Å². The molecule has 1 atom stereocenters. The number of rotatable bonds is 6. The van der Waals surface area contributed by atoms with Crippen LogP contribution in [-0.4, -0.2) is 35.5 Å². The summed E-state index contributed by atoms with van der Waals surface area (Å²) in [7, 11) is 4.13. The monoisotopic (exact) mass is 339 g/mol. The lowest BCUT2D eigenvalue weighted by Crippen LogP contribution is -2.16. The zero-order valence-electron chi connectivity index (χ0n) is 14.7. The summed E-state index contributed by atoms with van der Waals surface area (Å²) in [6, 6.07) is 9.81. The highest BCUT2D eigenvalue weighted by Gasteiger charge is 2.11. The highest BCUT2D eigenvalue weighted by Crippen LogP contribution is 2.26. The number of hydrogen-bond acceptors (Lipinski definition) is 4. The number of aromatic amines is 2. The highest BCUT2D eigenvalue weighted by molar-refractivity contribution is 5.86. The van der Waals surface area contributed by atoms with E-state index in [1.807, 2.05) is 18.2 Å². The second-order valence-corrected chi connectivity index (χ2v) is 6.76. The predicted octanol–water partition coefficient (Wildman–Crippen LogP) is 2.45. The van der Waals surface area contributed by atoms with Crippen LogP contribution in [0.2, 0.25) is 0 Å². The zero-order valence-corrected chi connectivity index (χ0v) is 14.7. The van der Waals surface area contributed by atoms with Crippen molar-refractivity contribution in [3.8, 4) is 11.3 Å². The van der Waals surface area contributed by atoms with E-state index in [9.17, 15) is 4.79 Å². The minimum Gasteiger partial charge on any atom is -0.398 e. The Labute approximate surface area is 146 Å². The Bertz CT molecular complexity index is 925. The molecule has 2 heterocycles. The second kappa shape index (κ2) is 7.13. The number of hydrogen-bond donors (Lipinski definition) is 4. The van der Waals surface area contributed by atoms with E-state index in [1.165, 1.54) is 6.20 Å². The van der Waals surface area contributed by atoms with E-state index in [0.717, 1.165) is 41.5 Å². The maximum absolute atomic E-state index is 12.0. The van der Waals surface area contributed by atoms with Gasteiger partial charge in [0.15, 0.2) is 0 Å². The van der Waals surface area contributed by atoms with Crippen molar-refractivity contribution in [1.29, 1.82) is 0 Å². The number of nitrogens with two attached hydrogens (primary N) is 2. The van der Waals surface area contributed by atoms with Crippen molar-refractivity contribution in [2.24, 2.45) is 5.73 Å². The maximum atomic E-state index is 12.0. The van der Waals surface area contributed by atoms with Gasteiger partial charge in [0.2, 0.25) is 0 Å². The first-order valence-corrected chi connectivity index (χ1v) is 8.45. The third-order valence-electron chi connectivity index (χ3n) is 4.41. The molecule has 0 aliphatic rings. The molecule has 6 nitrogen and oxygen atoms in total. The number of H-pyrrole nitrogens is 2. The first-order chi connectivity index (χ1) is 11.9. The van der Waals surface area contributed by atoms with E-state index in [-0.39, 0.29) is 11.6 Å². The molecular formula is C19H25N5O. The van der Waals surface area contributed by atoms with Gasteiger partial charge < -0.3 is 26.3 Å². The molecular weight excluding hydrogens is 314 g/mol. The van der Waals surface area contributed by atoms with Crippen molar-refractivity contribution in [3.05, 3.63) is 52.4 Å². The minimum atomic E-state index is -0.165. The fourth-order valence-electron chi connectivity index (χ4n) is 3.02. The largest absolute Gasteiger partial charge is 0.398 e. The molecule has 0 amide bonds. The lowest BCUT2D eigenvalue weighted by Gasteiger charge is -2.14. The van der Waals surface area contributed by atoms with Gasteiger partial charge in [0.25, 0.3) is 5.56 Å². The van der Waals surface area contributed by atoms with Crippen LogP contribution in [-0.2, 0) is 0 Å². The van der Waals surface area contributed by atoms with Crippen LogP contribution in [0.15, 0.2) is 41.3 Å². The number of pyridine rings is 1. The molecule has 6 N–H and O–H groups in total. The number of fused-ring (bicyclic) bond motifs is 1. The number of aromatic nitrogens is 2. The molecule has 3 rings (SSSR count). The first kappa shape index (κ1) is 17.3. The van der Waals surface area contributed by atoms with Gasteiger partial charge in [-0.25, -0.2) is 0 Å². The van der Waals surface area contributed by atoms with Crippen LogP contribution in [0.4, 0.5) is 5.69 Å². The molecule has 0 saturated heterocycles. The summed E-state index contributed by atoms with van der Waals surface area (Å²) >= 11 is 0. The molecule has 0 fully saturated rings. The van der Waals surface area contributed by atoms with Crippen LogP contribution in [0.5, 0.6) is 0 Å². The molecule has 0 saturated carbocycles. The van der Waals surface area contributed by atoms with Crippen molar-refractivity contribution < 1.29 is 0 Å². The van der Waals surface area contributed by atoms with Crippen molar-refractivity contribution in [3.63, 3.8) is 0 Å². The van der Waals surface area contributed by atoms with Gasteiger partial charge >= 0.3 is 0 Å². The molecule has 0 aliphatic heterocycles. The lowest BCUT2D eigenvalue weighted by molar-refractivity contribution is 0.386. The summed E-state index contributed by atoms with van der Waals surface area (Å²) in [6.45, 7) is 1.03. The molecule has 6 heteroatoms. The van der Waals surface area contributed by atoms with E-state index in [4.69, 9.17) is 11.5 Å². The van der Waals surface area contributed by atoms with Gasteiger partial charge in [-0.15, -0.1) is 0 Å². The third-order valence-corrected chi connectivity index (χ3v) is 4.41. The Balaban J connectivity index is 1.86. The van der Waals surface area contributed by atoms with E-state index in [2.05, 4.69) is 35.0 Å². The van der Waals surface area contributed by atoms with Crippen LogP contribution in [0.25, 0.3) is 22.2 Å². The summed E-state index contributed by atoms with van der Waals surface area (Å²) in [5.41, 5.74) is 15.8. The van der Waals surface area contributed by atoms with Crippen LogP contribution in [0, 0.1) is 0 Å². The molecule has 3 aromatic rings. The average Bonchev–Trinajstić information content (AvgIpc) is 2.99. The van der Waals surface area contributed by atoms with Gasteiger partial charge in [-0.3, -0.25) is 4.79 Å². The van der Waals surface area contributed by atoms with Gasteiger partial charge in [-0.1, -0.05) is 6.07 Å². The van der Waals surface area contributed by atoms with E-state index >= 15 is 0 Å². The van der Waals surface area contributed by atoms with Crippen LogP contribution in [0.3, 0.4) is 0 Å². The summed E-state index contributed by atoms with van der Waals surface area (Å²) in [6.07, 6.45) is 3.50. The fraction of sp³-hybridized carbons (Fsp3) is 0.316. The Kier molecular flexibility index (Phi) is 4.92. The summed E-state index contributed by atoms with van der Waals surface area (Å²) in [5.74, 6) is 0. The Morgan fingerprint density at radius 3 is 2.76 bits per heavy atom. The molecule has 0 radical (unpaired) electrons. The lowest BCUT2D eigenvalue weighted by atomic mass is 10.0. The number of nitrogen functional groups attached to an aromatic ring is 1. The molecule has 132 valence electrons. The topological polar surface area (TPSA) is 104 Å². The number of anilines is 1. The quantitative estimate of drug-likeness (QED) is 0.554. The number of benzene rings is 1. The maximum Gasteiger partial charge on any atom is 0.257 e. The molecule has 0 spiro atoms. The van der Waals surface area contributed by atoms with Crippen LogP contribution >= 0.6 is 0 Å². The van der Waals surface area contributed by atoms with Gasteiger partial charge in [0.1, 0.15) is 0 Å². The smallest absolute Gasteiger partial charge is 0.257 e. The Morgan fingerprint density at radius 2 is 2.00 bits per heavy atom. The fourth-order valence-corrected chi connectivity index (χ4v) is 3.02. The van der Waals surface area contributed by atoms with Gasteiger partial charge in [0, 0.05) is 28.8 Å². The van der Waals surface area contributed by atoms with Crippen LogP contribution < -0.4 is 17.0 Å². The highest BCUT2D eigenvalue weighted by atomic mass is 16.1. The zero-order chi connectivity index (χ0) is 18.0. The molecule has 1 unspecified atom stereocenters. The van der Waals surface area contributed by atoms with E-state index in [1.54, 1.807) is 6.07 Å². The normalized spacial score (nSPS) is 12.8. The van der Waals surface area contributed by atoms with Crippen molar-refractivity contribution in [1.82, 2.24) is 14.9 Å². The SMILES string of the molecule is CN(C)CCCC(N)c1ccc2[nH]c(-c3cc(N)c[nH]c3=O)cc2c1. The standard InChI is InChI=1S/C19H25N5O/c1-24(2)7-3-4-16(21)12-5-6-17-13(8-12)9-18(23-17)15-10-14(20)11-22-19(15)25/h5-6,8-11,16,23H,3-4,7,20-21H2,1-2H3,(H,22,25). The molecule has 25 heavy (non-hydrogen) atoms. The third kappa shape index (κ3) is 3.92. The summed E-state index contributed by atoms with van der Waals surface area (Å²) in [4.78, 5) is 20.1. The first-order valence-electron chi connectivity index (χ1n) is 8.45. The van der Waals surface area contributed by atoms with Crippen LogP contribution in [0.1, 0.15) is 24.4 Å². The molecule has 0 aliphatic carbocycles. The average molecular weight is 339 g/mol. The summed E-state index contributed by atoms with van der Waals surface area (Å²) in [5, 5.41) is 1.04. The van der Waals surface area contributed by atoms with Gasteiger partial charge in [-0.05, 0) is 63.3 Å². The van der Waals surface area contributed by atoms with E-state index in [0.29, 0.717) is 11.3 Å². The second-order valence-electron chi connectivity index (χ2n) is 6.76. The number of nitrogens with zero attached hydrogens (tertiary/aromatic N) is 1. The number of nitrogens with one attached hydrogen (secondary N) is 2. The van der Waals surface area contributed by atoms with E-state index < -0.39 is 0 Å². The molecule has 2 aromatic heterocycles. The van der Waals surface area contributed by atoms with Crippen molar-refractivity contribution in [2.45, 2.75) is 18.9 Å². The Hall–Kier alpha value is -2.57.